The number of aryl methyl sites for hydroxylation is 1. The van der Waals surface area contributed by atoms with Crippen molar-refractivity contribution >= 4 is 29.3 Å². The predicted octanol–water partition coefficient (Wildman–Crippen LogP) is 3.83. The van der Waals surface area contributed by atoms with Gasteiger partial charge in [-0.05, 0) is 44.0 Å². The van der Waals surface area contributed by atoms with E-state index in [4.69, 9.17) is 20.8 Å². The molecule has 3 rings (SSSR count). The van der Waals surface area contributed by atoms with E-state index in [1.54, 1.807) is 0 Å². The van der Waals surface area contributed by atoms with Gasteiger partial charge < -0.3 is 14.5 Å². The maximum atomic E-state index is 11.9. The fourth-order valence-corrected chi connectivity index (χ4v) is 3.58. The van der Waals surface area contributed by atoms with Crippen molar-refractivity contribution in [2.24, 2.45) is 0 Å². The van der Waals surface area contributed by atoms with Crippen LogP contribution in [0.25, 0.3) is 11.5 Å². The third-order valence-corrected chi connectivity index (χ3v) is 5.20. The lowest BCUT2D eigenvalue weighted by molar-refractivity contribution is -0.119. The molecule has 5 nitrogen and oxygen atoms in total. The highest BCUT2D eigenvalue weighted by molar-refractivity contribution is 7.99. The topological polar surface area (TPSA) is 64.4 Å². The van der Waals surface area contributed by atoms with Crippen LogP contribution >= 0.6 is 23.4 Å². The lowest BCUT2D eigenvalue weighted by Gasteiger charge is -2.10. The molecule has 7 heteroatoms. The Morgan fingerprint density at radius 1 is 1.40 bits per heavy atom. The van der Waals surface area contributed by atoms with Crippen LogP contribution in [0.1, 0.15) is 24.3 Å². The van der Waals surface area contributed by atoms with E-state index < -0.39 is 0 Å². The second-order valence-electron chi connectivity index (χ2n) is 5.96. The molecule has 1 aromatic heterocycles. The Balaban J connectivity index is 1.46. The SMILES string of the molecule is Cc1oc(-c2ccc(Cl)cc2)nc1CSCC(=O)NCC1CCCO1. The minimum absolute atomic E-state index is 0.0274. The number of hydrogen-bond donors (Lipinski definition) is 1. The van der Waals surface area contributed by atoms with Crippen LogP contribution < -0.4 is 5.32 Å². The summed E-state index contributed by atoms with van der Waals surface area (Å²) in [6.07, 6.45) is 2.28. The van der Waals surface area contributed by atoms with E-state index in [-0.39, 0.29) is 12.0 Å². The van der Waals surface area contributed by atoms with Gasteiger partial charge in [-0.25, -0.2) is 4.98 Å². The highest BCUT2D eigenvalue weighted by Crippen LogP contribution is 2.25. The van der Waals surface area contributed by atoms with Crippen LogP contribution in [0.3, 0.4) is 0 Å². The summed E-state index contributed by atoms with van der Waals surface area (Å²) in [5.41, 5.74) is 1.75. The standard InChI is InChI=1S/C18H21ClN2O3S/c1-12-16(21-18(24-12)13-4-6-14(19)7-5-13)10-25-11-17(22)20-9-15-3-2-8-23-15/h4-7,15H,2-3,8-11H2,1H3,(H,20,22). The second kappa shape index (κ2) is 8.74. The molecule has 1 saturated heterocycles. The van der Waals surface area contributed by atoms with Crippen LogP contribution in [-0.4, -0.2) is 35.9 Å². The number of hydrogen-bond acceptors (Lipinski definition) is 5. The second-order valence-corrected chi connectivity index (χ2v) is 7.38. The van der Waals surface area contributed by atoms with Crippen LogP contribution in [0, 0.1) is 6.92 Å². The number of aromatic nitrogens is 1. The molecule has 1 aliphatic rings. The molecule has 0 saturated carbocycles. The average molecular weight is 381 g/mol. The Hall–Kier alpha value is -1.50. The average Bonchev–Trinajstić information content (AvgIpc) is 3.24. The van der Waals surface area contributed by atoms with Crippen LogP contribution in [0.4, 0.5) is 0 Å². The number of nitrogens with zero attached hydrogens (tertiary/aromatic N) is 1. The van der Waals surface area contributed by atoms with Crippen LogP contribution in [0.2, 0.25) is 5.02 Å². The lowest BCUT2D eigenvalue weighted by atomic mass is 10.2. The molecule has 134 valence electrons. The first kappa shape index (κ1) is 18.3. The van der Waals surface area contributed by atoms with Gasteiger partial charge >= 0.3 is 0 Å². The van der Waals surface area contributed by atoms with E-state index >= 15 is 0 Å². The van der Waals surface area contributed by atoms with Crippen molar-refractivity contribution in [2.75, 3.05) is 18.9 Å². The number of rotatable bonds is 7. The molecule has 1 aliphatic heterocycles. The predicted molar refractivity (Wildman–Crippen MR) is 99.8 cm³/mol. The van der Waals surface area contributed by atoms with Crippen LogP contribution in [-0.2, 0) is 15.3 Å². The number of benzene rings is 1. The van der Waals surface area contributed by atoms with Crippen molar-refractivity contribution in [3.63, 3.8) is 0 Å². The van der Waals surface area contributed by atoms with E-state index in [9.17, 15) is 4.79 Å². The van der Waals surface area contributed by atoms with Gasteiger partial charge in [-0.3, -0.25) is 4.79 Å². The highest BCUT2D eigenvalue weighted by atomic mass is 35.5. The van der Waals surface area contributed by atoms with Gasteiger partial charge in [0.05, 0.1) is 17.6 Å². The molecule has 0 aliphatic carbocycles. The summed E-state index contributed by atoms with van der Waals surface area (Å²) in [4.78, 5) is 16.4. The molecular weight excluding hydrogens is 360 g/mol. The molecule has 25 heavy (non-hydrogen) atoms. The van der Waals surface area contributed by atoms with Crippen molar-refractivity contribution < 1.29 is 13.9 Å². The fourth-order valence-electron chi connectivity index (χ4n) is 2.60. The number of halogens is 1. The maximum Gasteiger partial charge on any atom is 0.230 e. The van der Waals surface area contributed by atoms with Crippen LogP contribution in [0.15, 0.2) is 28.7 Å². The number of oxazole rings is 1. The highest BCUT2D eigenvalue weighted by Gasteiger charge is 2.16. The quantitative estimate of drug-likeness (QED) is 0.790. The van der Waals surface area contributed by atoms with E-state index in [2.05, 4.69) is 10.3 Å². The van der Waals surface area contributed by atoms with Crippen molar-refractivity contribution in [3.05, 3.63) is 40.7 Å². The number of nitrogens with one attached hydrogen (secondary N) is 1. The minimum atomic E-state index is 0.0274. The van der Waals surface area contributed by atoms with E-state index in [1.165, 1.54) is 11.8 Å². The summed E-state index contributed by atoms with van der Waals surface area (Å²) >= 11 is 7.43. The number of ether oxygens (including phenoxy) is 1. The summed E-state index contributed by atoms with van der Waals surface area (Å²) in [6.45, 7) is 3.29. The van der Waals surface area contributed by atoms with Gasteiger partial charge in [-0.15, -0.1) is 11.8 Å². The van der Waals surface area contributed by atoms with Crippen molar-refractivity contribution in [1.29, 1.82) is 0 Å². The molecule has 0 spiro atoms. The Morgan fingerprint density at radius 3 is 2.92 bits per heavy atom. The molecule has 1 aromatic carbocycles. The van der Waals surface area contributed by atoms with Gasteiger partial charge in [0.1, 0.15) is 5.76 Å². The van der Waals surface area contributed by atoms with Gasteiger partial charge in [0, 0.05) is 29.5 Å². The van der Waals surface area contributed by atoms with Gasteiger partial charge in [-0.2, -0.15) is 0 Å². The summed E-state index contributed by atoms with van der Waals surface area (Å²) in [7, 11) is 0. The molecule has 1 unspecified atom stereocenters. The van der Waals surface area contributed by atoms with E-state index in [0.29, 0.717) is 29.0 Å². The van der Waals surface area contributed by atoms with Gasteiger partial charge in [0.2, 0.25) is 11.8 Å². The summed E-state index contributed by atoms with van der Waals surface area (Å²) in [5.74, 6) is 2.41. The first-order chi connectivity index (χ1) is 12.1. The normalized spacial score (nSPS) is 17.0. The van der Waals surface area contributed by atoms with Crippen molar-refractivity contribution in [3.8, 4) is 11.5 Å². The third-order valence-electron chi connectivity index (χ3n) is 4.01. The number of amides is 1. The Morgan fingerprint density at radius 2 is 2.20 bits per heavy atom. The largest absolute Gasteiger partial charge is 0.441 e. The lowest BCUT2D eigenvalue weighted by Crippen LogP contribution is -2.32. The van der Waals surface area contributed by atoms with Gasteiger partial charge in [0.15, 0.2) is 0 Å². The summed E-state index contributed by atoms with van der Waals surface area (Å²) < 4.78 is 11.2. The zero-order valence-corrected chi connectivity index (χ0v) is 15.7. The minimum Gasteiger partial charge on any atom is -0.441 e. The molecule has 2 aromatic rings. The van der Waals surface area contributed by atoms with Crippen molar-refractivity contribution in [1.82, 2.24) is 10.3 Å². The number of carbonyl (C=O) groups excluding carboxylic acids is 1. The molecule has 1 atom stereocenters. The van der Waals surface area contributed by atoms with Gasteiger partial charge in [-0.1, -0.05) is 11.6 Å². The van der Waals surface area contributed by atoms with Gasteiger partial charge in [0.25, 0.3) is 0 Å². The number of thioether (sulfide) groups is 1. The molecular formula is C18H21ClN2O3S. The number of carbonyl (C=O) groups is 1. The Labute approximate surface area is 156 Å². The first-order valence-corrected chi connectivity index (χ1v) is 9.83. The van der Waals surface area contributed by atoms with Crippen molar-refractivity contribution in [2.45, 2.75) is 31.6 Å². The van der Waals surface area contributed by atoms with Crippen LogP contribution in [0.5, 0.6) is 0 Å². The smallest absolute Gasteiger partial charge is 0.230 e. The molecule has 1 fully saturated rings. The fraction of sp³-hybridized carbons (Fsp3) is 0.444. The molecule has 0 radical (unpaired) electrons. The Bertz CT molecular complexity index is 712. The molecule has 0 bridgehead atoms. The molecule has 1 amide bonds. The zero-order chi connectivity index (χ0) is 17.6. The third kappa shape index (κ3) is 5.23. The first-order valence-electron chi connectivity index (χ1n) is 8.30. The molecule has 2 heterocycles. The summed E-state index contributed by atoms with van der Waals surface area (Å²) in [5, 5.41) is 3.60. The summed E-state index contributed by atoms with van der Waals surface area (Å²) in [6, 6.07) is 7.37. The zero-order valence-electron chi connectivity index (χ0n) is 14.1. The maximum absolute atomic E-state index is 11.9. The monoisotopic (exact) mass is 380 g/mol. The Kier molecular flexibility index (Phi) is 6.39. The molecule has 1 N–H and O–H groups in total. The van der Waals surface area contributed by atoms with E-state index in [1.807, 2.05) is 31.2 Å². The van der Waals surface area contributed by atoms with E-state index in [0.717, 1.165) is 36.5 Å².